The number of morpholine rings is 1. The zero-order chi connectivity index (χ0) is 21.2. The molecule has 0 spiro atoms. The fourth-order valence-electron chi connectivity index (χ4n) is 3.79. The second kappa shape index (κ2) is 8.53. The fraction of sp³-hybridized carbons (Fsp3) is 0.261. The molecule has 5 rings (SSSR count). The Morgan fingerprint density at radius 2 is 1.74 bits per heavy atom. The van der Waals surface area contributed by atoms with Crippen molar-refractivity contribution in [2.24, 2.45) is 0 Å². The molecular formula is C23H21ClN4O3. The highest BCUT2D eigenvalue weighted by atomic mass is 35.5. The van der Waals surface area contributed by atoms with Gasteiger partial charge >= 0.3 is 0 Å². The van der Waals surface area contributed by atoms with Gasteiger partial charge in [0.1, 0.15) is 23.0 Å². The Labute approximate surface area is 185 Å². The van der Waals surface area contributed by atoms with Crippen LogP contribution in [0.4, 0.5) is 5.82 Å². The molecule has 0 radical (unpaired) electrons. The molecule has 1 fully saturated rings. The molecule has 2 aliphatic rings. The third-order valence-electron chi connectivity index (χ3n) is 5.40. The van der Waals surface area contributed by atoms with Gasteiger partial charge in [0.15, 0.2) is 0 Å². The van der Waals surface area contributed by atoms with Crippen LogP contribution in [0.25, 0.3) is 0 Å². The lowest BCUT2D eigenvalue weighted by molar-refractivity contribution is 0.0299. The van der Waals surface area contributed by atoms with Crippen LogP contribution in [-0.4, -0.2) is 47.1 Å². The van der Waals surface area contributed by atoms with E-state index < -0.39 is 0 Å². The Bertz CT molecular complexity index is 1120. The molecule has 0 N–H and O–H groups in total. The van der Waals surface area contributed by atoms with Crippen LogP contribution in [0.5, 0.6) is 11.5 Å². The molecule has 2 aromatic carbocycles. The number of fused-ring (bicyclic) bond motifs is 2. The molecule has 0 saturated carbocycles. The maximum atomic E-state index is 12.9. The van der Waals surface area contributed by atoms with Gasteiger partial charge in [0, 0.05) is 42.3 Å². The number of anilines is 1. The number of carbonyl (C=O) groups is 1. The van der Waals surface area contributed by atoms with Crippen molar-refractivity contribution in [2.45, 2.75) is 13.1 Å². The third kappa shape index (κ3) is 4.19. The molecule has 158 valence electrons. The van der Waals surface area contributed by atoms with Gasteiger partial charge in [-0.15, -0.1) is 0 Å². The van der Waals surface area contributed by atoms with E-state index in [9.17, 15) is 4.79 Å². The minimum Gasteiger partial charge on any atom is -0.457 e. The van der Waals surface area contributed by atoms with Crippen molar-refractivity contribution in [3.8, 4) is 11.5 Å². The molecule has 8 heteroatoms. The summed E-state index contributed by atoms with van der Waals surface area (Å²) in [4.78, 5) is 25.7. The number of aromatic nitrogens is 2. The van der Waals surface area contributed by atoms with E-state index >= 15 is 0 Å². The standard InChI is InChI=1S/C23H21ClN4O3/c24-18-5-6-21-17(11-18)15-28(14-16-3-1-2-4-20(16)31-21)22-13-25-12-19(26-22)23(29)27-7-9-30-10-8-27/h1-6,11-13H,7-10,14-15H2. The van der Waals surface area contributed by atoms with Gasteiger partial charge in [-0.2, -0.15) is 0 Å². The van der Waals surface area contributed by atoms with Gasteiger partial charge < -0.3 is 19.3 Å². The van der Waals surface area contributed by atoms with Gasteiger partial charge in [-0.05, 0) is 24.3 Å². The second-order valence-corrected chi connectivity index (χ2v) is 7.92. The molecule has 1 saturated heterocycles. The van der Waals surface area contributed by atoms with E-state index in [1.54, 1.807) is 11.1 Å². The van der Waals surface area contributed by atoms with Crippen molar-refractivity contribution in [3.63, 3.8) is 0 Å². The van der Waals surface area contributed by atoms with E-state index in [0.717, 1.165) is 22.6 Å². The lowest BCUT2D eigenvalue weighted by atomic mass is 10.1. The summed E-state index contributed by atoms with van der Waals surface area (Å²) in [6, 6.07) is 13.5. The summed E-state index contributed by atoms with van der Waals surface area (Å²) >= 11 is 6.26. The number of nitrogens with zero attached hydrogens (tertiary/aromatic N) is 4. The average Bonchev–Trinajstić information content (AvgIpc) is 2.80. The van der Waals surface area contributed by atoms with Crippen LogP contribution < -0.4 is 9.64 Å². The number of halogens is 1. The summed E-state index contributed by atoms with van der Waals surface area (Å²) < 4.78 is 11.5. The molecule has 0 atom stereocenters. The molecular weight excluding hydrogens is 416 g/mol. The molecule has 1 aromatic heterocycles. The number of benzene rings is 2. The highest BCUT2D eigenvalue weighted by molar-refractivity contribution is 6.30. The van der Waals surface area contributed by atoms with Crippen molar-refractivity contribution in [1.82, 2.24) is 14.9 Å². The highest BCUT2D eigenvalue weighted by Gasteiger charge is 2.23. The molecule has 1 amide bonds. The zero-order valence-electron chi connectivity index (χ0n) is 16.8. The molecule has 0 aliphatic carbocycles. The maximum Gasteiger partial charge on any atom is 0.274 e. The van der Waals surface area contributed by atoms with E-state index in [-0.39, 0.29) is 5.91 Å². The SMILES string of the molecule is O=C(c1cncc(N2Cc3ccccc3Oc3ccc(Cl)cc3C2)n1)N1CCOCC1. The smallest absolute Gasteiger partial charge is 0.274 e. The largest absolute Gasteiger partial charge is 0.457 e. The van der Waals surface area contributed by atoms with Gasteiger partial charge in [-0.3, -0.25) is 9.78 Å². The van der Waals surface area contributed by atoms with E-state index in [2.05, 4.69) is 14.9 Å². The zero-order valence-corrected chi connectivity index (χ0v) is 17.6. The topological polar surface area (TPSA) is 67.8 Å². The first-order valence-corrected chi connectivity index (χ1v) is 10.5. The number of hydrogen-bond acceptors (Lipinski definition) is 6. The summed E-state index contributed by atoms with van der Waals surface area (Å²) in [5.41, 5.74) is 2.29. The first kappa shape index (κ1) is 19.8. The summed E-state index contributed by atoms with van der Waals surface area (Å²) in [6.07, 6.45) is 3.21. The summed E-state index contributed by atoms with van der Waals surface area (Å²) in [5, 5.41) is 0.637. The number of ether oxygens (including phenoxy) is 2. The summed E-state index contributed by atoms with van der Waals surface area (Å²) in [5.74, 6) is 2.03. The van der Waals surface area contributed by atoms with Crippen molar-refractivity contribution >= 4 is 23.3 Å². The molecule has 3 heterocycles. The number of rotatable bonds is 2. The normalized spacial score (nSPS) is 15.9. The monoisotopic (exact) mass is 436 g/mol. The van der Waals surface area contributed by atoms with E-state index in [1.165, 1.54) is 6.20 Å². The van der Waals surface area contributed by atoms with Crippen LogP contribution in [0.2, 0.25) is 5.02 Å². The van der Waals surface area contributed by atoms with Gasteiger partial charge in [-0.25, -0.2) is 4.98 Å². The van der Waals surface area contributed by atoms with Crippen molar-refractivity contribution in [3.05, 3.63) is 76.7 Å². The van der Waals surface area contributed by atoms with Crippen molar-refractivity contribution < 1.29 is 14.3 Å². The Morgan fingerprint density at radius 1 is 0.968 bits per heavy atom. The van der Waals surface area contributed by atoms with E-state index in [0.29, 0.717) is 55.9 Å². The van der Waals surface area contributed by atoms with Crippen molar-refractivity contribution in [1.29, 1.82) is 0 Å². The first-order valence-electron chi connectivity index (χ1n) is 10.2. The summed E-state index contributed by atoms with van der Waals surface area (Å²) in [6.45, 7) is 3.29. The maximum absolute atomic E-state index is 12.9. The Hall–Kier alpha value is -3.16. The third-order valence-corrected chi connectivity index (χ3v) is 5.64. The number of para-hydroxylation sites is 1. The highest BCUT2D eigenvalue weighted by Crippen LogP contribution is 2.35. The number of amides is 1. The van der Waals surface area contributed by atoms with Crippen LogP contribution in [0.3, 0.4) is 0 Å². The first-order chi connectivity index (χ1) is 15.2. The van der Waals surface area contributed by atoms with Crippen molar-refractivity contribution in [2.75, 3.05) is 31.2 Å². The Kier molecular flexibility index (Phi) is 5.44. The van der Waals surface area contributed by atoms with E-state index in [4.69, 9.17) is 21.1 Å². The minimum absolute atomic E-state index is 0.128. The Morgan fingerprint density at radius 3 is 2.61 bits per heavy atom. The number of hydrogen-bond donors (Lipinski definition) is 0. The van der Waals surface area contributed by atoms with Crippen LogP contribution in [-0.2, 0) is 17.8 Å². The Balaban J connectivity index is 1.51. The van der Waals surface area contributed by atoms with Crippen LogP contribution in [0.15, 0.2) is 54.9 Å². The molecule has 0 bridgehead atoms. The lowest BCUT2D eigenvalue weighted by Crippen LogP contribution is -2.41. The van der Waals surface area contributed by atoms with E-state index in [1.807, 2.05) is 42.5 Å². The quantitative estimate of drug-likeness (QED) is 0.606. The predicted molar refractivity (Wildman–Crippen MR) is 117 cm³/mol. The van der Waals surface area contributed by atoms with Gasteiger partial charge in [-0.1, -0.05) is 29.8 Å². The molecule has 0 unspecified atom stereocenters. The molecule has 3 aromatic rings. The lowest BCUT2D eigenvalue weighted by Gasteiger charge is -2.29. The van der Waals surface area contributed by atoms with Gasteiger partial charge in [0.25, 0.3) is 5.91 Å². The van der Waals surface area contributed by atoms with Gasteiger partial charge in [0.2, 0.25) is 0 Å². The average molecular weight is 437 g/mol. The van der Waals surface area contributed by atoms with Gasteiger partial charge in [0.05, 0.1) is 25.6 Å². The molecule has 2 aliphatic heterocycles. The second-order valence-electron chi connectivity index (χ2n) is 7.48. The van der Waals surface area contributed by atoms with Crippen LogP contribution in [0, 0.1) is 0 Å². The number of carbonyl (C=O) groups excluding carboxylic acids is 1. The predicted octanol–water partition coefficient (Wildman–Crippen LogP) is 3.91. The molecule has 7 nitrogen and oxygen atoms in total. The summed E-state index contributed by atoms with van der Waals surface area (Å²) in [7, 11) is 0. The minimum atomic E-state index is -0.128. The van der Waals surface area contributed by atoms with Crippen LogP contribution >= 0.6 is 11.6 Å². The van der Waals surface area contributed by atoms with Crippen LogP contribution in [0.1, 0.15) is 21.6 Å². The molecule has 31 heavy (non-hydrogen) atoms. The fourth-order valence-corrected chi connectivity index (χ4v) is 3.99.